The van der Waals surface area contributed by atoms with Gasteiger partial charge in [0.05, 0.1) is 0 Å². The molecule has 1 fully saturated rings. The molecule has 0 amide bonds. The monoisotopic (exact) mass is 296 g/mol. The van der Waals surface area contributed by atoms with E-state index in [0.29, 0.717) is 23.9 Å². The number of thioether (sulfide) groups is 1. The number of rotatable bonds is 6. The van der Waals surface area contributed by atoms with Crippen molar-refractivity contribution >= 4 is 29.6 Å². The molecule has 6 nitrogen and oxygen atoms in total. The zero-order valence-corrected chi connectivity index (χ0v) is 13.4. The van der Waals surface area contributed by atoms with Crippen molar-refractivity contribution in [2.24, 2.45) is 0 Å². The first-order valence-corrected chi connectivity index (χ1v) is 8.49. The molecular formula is C13H24N6S. The van der Waals surface area contributed by atoms with Gasteiger partial charge in [-0.25, -0.2) is 0 Å². The molecule has 2 N–H and O–H groups in total. The highest BCUT2D eigenvalue weighted by Gasteiger charge is 2.19. The fourth-order valence-corrected chi connectivity index (χ4v) is 2.84. The normalized spacial score (nSPS) is 16.4. The van der Waals surface area contributed by atoms with Crippen LogP contribution in [-0.4, -0.2) is 53.1 Å². The lowest BCUT2D eigenvalue weighted by molar-refractivity contribution is 0.651. The van der Waals surface area contributed by atoms with E-state index in [4.69, 9.17) is 5.73 Å². The second-order valence-electron chi connectivity index (χ2n) is 5.23. The van der Waals surface area contributed by atoms with Crippen molar-refractivity contribution in [1.29, 1.82) is 0 Å². The van der Waals surface area contributed by atoms with Crippen LogP contribution >= 0.6 is 11.8 Å². The minimum atomic E-state index is 0.306. The lowest BCUT2D eigenvalue weighted by Crippen LogP contribution is -2.32. The first-order valence-electron chi connectivity index (χ1n) is 7.10. The molecule has 0 saturated carbocycles. The molecule has 2 rings (SSSR count). The Balaban J connectivity index is 2.14. The van der Waals surface area contributed by atoms with Gasteiger partial charge in [0.25, 0.3) is 0 Å². The third-order valence-corrected chi connectivity index (χ3v) is 4.38. The van der Waals surface area contributed by atoms with E-state index in [1.165, 1.54) is 12.8 Å². The molecule has 1 aromatic heterocycles. The lowest BCUT2D eigenvalue weighted by atomic mass is 10.2. The van der Waals surface area contributed by atoms with E-state index in [-0.39, 0.29) is 0 Å². The highest BCUT2D eigenvalue weighted by molar-refractivity contribution is 7.98. The zero-order valence-electron chi connectivity index (χ0n) is 12.5. The smallest absolute Gasteiger partial charge is 0.231 e. The summed E-state index contributed by atoms with van der Waals surface area (Å²) in [6.45, 7) is 4.20. The SMILES string of the molecule is CSCCC(C)N(C)c1nc(N)nc(N2CCCC2)n1. The minimum absolute atomic E-state index is 0.306. The van der Waals surface area contributed by atoms with Crippen molar-refractivity contribution < 1.29 is 0 Å². The maximum atomic E-state index is 5.85. The zero-order chi connectivity index (χ0) is 14.5. The van der Waals surface area contributed by atoms with Crippen molar-refractivity contribution in [2.75, 3.05) is 47.7 Å². The average molecular weight is 296 g/mol. The van der Waals surface area contributed by atoms with Gasteiger partial charge < -0.3 is 15.5 Å². The molecule has 1 aliphatic rings. The van der Waals surface area contributed by atoms with Crippen molar-refractivity contribution in [2.45, 2.75) is 32.2 Å². The summed E-state index contributed by atoms with van der Waals surface area (Å²) in [6.07, 6.45) is 5.61. The Bertz CT molecular complexity index is 435. The summed E-state index contributed by atoms with van der Waals surface area (Å²) in [4.78, 5) is 17.4. The highest BCUT2D eigenvalue weighted by atomic mass is 32.2. The number of hydrogen-bond acceptors (Lipinski definition) is 7. The fourth-order valence-electron chi connectivity index (χ4n) is 2.26. The molecule has 1 saturated heterocycles. The number of aromatic nitrogens is 3. The Kier molecular flexibility index (Phi) is 5.28. The van der Waals surface area contributed by atoms with Crippen molar-refractivity contribution in [3.8, 4) is 0 Å². The molecule has 0 spiro atoms. The van der Waals surface area contributed by atoms with Crippen molar-refractivity contribution in [3.05, 3.63) is 0 Å². The van der Waals surface area contributed by atoms with Crippen LogP contribution in [0, 0.1) is 0 Å². The average Bonchev–Trinajstić information content (AvgIpc) is 2.97. The van der Waals surface area contributed by atoms with Crippen molar-refractivity contribution in [3.63, 3.8) is 0 Å². The Morgan fingerprint density at radius 2 is 2.00 bits per heavy atom. The minimum Gasteiger partial charge on any atom is -0.368 e. The summed E-state index contributed by atoms with van der Waals surface area (Å²) in [7, 11) is 2.02. The summed E-state index contributed by atoms with van der Waals surface area (Å²) in [5, 5.41) is 0. The van der Waals surface area contributed by atoms with Gasteiger partial charge in [-0.3, -0.25) is 0 Å². The molecule has 0 aliphatic carbocycles. The predicted molar refractivity (Wildman–Crippen MR) is 86.6 cm³/mol. The van der Waals surface area contributed by atoms with Crippen LogP contribution in [0.2, 0.25) is 0 Å². The quantitative estimate of drug-likeness (QED) is 0.855. The summed E-state index contributed by atoms with van der Waals surface area (Å²) in [5.74, 6) is 2.83. The van der Waals surface area contributed by atoms with Crippen LogP contribution in [0.5, 0.6) is 0 Å². The number of anilines is 3. The Labute approximate surface area is 125 Å². The van der Waals surface area contributed by atoms with E-state index in [1.807, 2.05) is 18.8 Å². The first kappa shape index (κ1) is 15.2. The Hall–Kier alpha value is -1.24. The second-order valence-corrected chi connectivity index (χ2v) is 6.21. The van der Waals surface area contributed by atoms with Crippen LogP contribution in [0.4, 0.5) is 17.8 Å². The summed E-state index contributed by atoms with van der Waals surface area (Å²) in [6, 6.07) is 0.385. The molecule has 20 heavy (non-hydrogen) atoms. The van der Waals surface area contributed by atoms with E-state index in [9.17, 15) is 0 Å². The van der Waals surface area contributed by atoms with E-state index >= 15 is 0 Å². The molecular weight excluding hydrogens is 272 g/mol. The summed E-state index contributed by atoms with van der Waals surface area (Å²) in [5.41, 5.74) is 5.85. The molecule has 0 radical (unpaired) electrons. The maximum Gasteiger partial charge on any atom is 0.231 e. The van der Waals surface area contributed by atoms with Gasteiger partial charge in [0.1, 0.15) is 0 Å². The molecule has 1 atom stereocenters. The first-order chi connectivity index (χ1) is 9.61. The van der Waals surface area contributed by atoms with Gasteiger partial charge in [-0.1, -0.05) is 0 Å². The standard InChI is InChI=1S/C13H24N6S/c1-10(6-9-20-3)18(2)12-15-11(14)16-13(17-12)19-7-4-5-8-19/h10H,4-9H2,1-3H3,(H2,14,15,16,17). The van der Waals surface area contributed by atoms with Gasteiger partial charge in [-0.2, -0.15) is 26.7 Å². The number of nitrogen functional groups attached to an aromatic ring is 1. The van der Waals surface area contributed by atoms with Crippen LogP contribution in [0.15, 0.2) is 0 Å². The number of nitrogens with zero attached hydrogens (tertiary/aromatic N) is 5. The Morgan fingerprint density at radius 3 is 2.65 bits per heavy atom. The van der Waals surface area contributed by atoms with E-state index in [2.05, 4.69) is 37.9 Å². The van der Waals surface area contributed by atoms with Crippen LogP contribution in [0.25, 0.3) is 0 Å². The predicted octanol–water partition coefficient (Wildman–Crippen LogP) is 1.63. The number of nitrogens with two attached hydrogens (primary N) is 1. The largest absolute Gasteiger partial charge is 0.368 e. The van der Waals surface area contributed by atoms with Crippen LogP contribution < -0.4 is 15.5 Å². The van der Waals surface area contributed by atoms with E-state index < -0.39 is 0 Å². The van der Waals surface area contributed by atoms with Crippen LogP contribution in [0.1, 0.15) is 26.2 Å². The van der Waals surface area contributed by atoms with Gasteiger partial charge in [0, 0.05) is 26.2 Å². The van der Waals surface area contributed by atoms with E-state index in [0.717, 1.165) is 25.3 Å². The third kappa shape index (κ3) is 3.65. The molecule has 2 heterocycles. The maximum absolute atomic E-state index is 5.85. The fraction of sp³-hybridized carbons (Fsp3) is 0.769. The molecule has 1 aromatic rings. The molecule has 1 aliphatic heterocycles. The third-order valence-electron chi connectivity index (χ3n) is 3.73. The topological polar surface area (TPSA) is 71.2 Å². The van der Waals surface area contributed by atoms with Gasteiger partial charge >= 0.3 is 0 Å². The highest BCUT2D eigenvalue weighted by Crippen LogP contribution is 2.20. The van der Waals surface area contributed by atoms with Crippen LogP contribution in [-0.2, 0) is 0 Å². The second kappa shape index (κ2) is 6.97. The molecule has 0 bridgehead atoms. The summed E-state index contributed by atoms with van der Waals surface area (Å²) < 4.78 is 0. The number of hydrogen-bond donors (Lipinski definition) is 1. The van der Waals surface area contributed by atoms with Crippen molar-refractivity contribution in [1.82, 2.24) is 15.0 Å². The van der Waals surface area contributed by atoms with Crippen LogP contribution in [0.3, 0.4) is 0 Å². The summed E-state index contributed by atoms with van der Waals surface area (Å²) >= 11 is 1.86. The molecule has 1 unspecified atom stereocenters. The molecule has 7 heteroatoms. The van der Waals surface area contributed by atoms with Gasteiger partial charge in [-0.15, -0.1) is 0 Å². The molecule has 112 valence electrons. The van der Waals surface area contributed by atoms with Gasteiger partial charge in [0.2, 0.25) is 17.8 Å². The molecule has 0 aromatic carbocycles. The van der Waals surface area contributed by atoms with Gasteiger partial charge in [0.15, 0.2) is 0 Å². The van der Waals surface area contributed by atoms with Gasteiger partial charge in [-0.05, 0) is 38.2 Å². The lowest BCUT2D eigenvalue weighted by Gasteiger charge is -2.26. The van der Waals surface area contributed by atoms with E-state index in [1.54, 1.807) is 0 Å². The Morgan fingerprint density at radius 1 is 1.30 bits per heavy atom.